The first-order valence-corrected chi connectivity index (χ1v) is 15.6. The minimum Gasteiger partial charge on any atom is -0.444 e. The van der Waals surface area contributed by atoms with Gasteiger partial charge in [-0.05, 0) is 58.4 Å². The molecule has 3 aliphatic heterocycles. The molecule has 1 unspecified atom stereocenters. The molecule has 1 aromatic rings. The molecule has 232 valence electrons. The normalized spacial score (nSPS) is 32.4. The molecule has 8 nitrogen and oxygen atoms in total. The fourth-order valence-electron chi connectivity index (χ4n) is 7.72. The fourth-order valence-corrected chi connectivity index (χ4v) is 7.72. The van der Waals surface area contributed by atoms with E-state index in [2.05, 4.69) is 27.7 Å². The monoisotopic (exact) mass is 589 g/mol. The predicted octanol–water partition coefficient (Wildman–Crippen LogP) is 4.73. The molecule has 4 fully saturated rings. The molecule has 3 heterocycles. The molecule has 0 bridgehead atoms. The number of carbonyl (C=O) groups is 3. The number of nitrogens with zero attached hydrogens (tertiary/aromatic N) is 2. The van der Waals surface area contributed by atoms with E-state index in [0.717, 1.165) is 19.3 Å². The number of rotatable bonds is 7. The van der Waals surface area contributed by atoms with Gasteiger partial charge in [0.05, 0.1) is 13.1 Å². The Balaban J connectivity index is 1.39. The van der Waals surface area contributed by atoms with Crippen LogP contribution in [0.4, 0.5) is 13.6 Å². The van der Waals surface area contributed by atoms with Gasteiger partial charge in [0.25, 0.3) is 5.91 Å². The van der Waals surface area contributed by atoms with Crippen LogP contribution in [0.15, 0.2) is 30.3 Å². The first-order valence-electron chi connectivity index (χ1n) is 15.6. The second kappa shape index (κ2) is 11.8. The summed E-state index contributed by atoms with van der Waals surface area (Å²) in [4.78, 5) is 43.8. The Morgan fingerprint density at radius 3 is 2.48 bits per heavy atom. The molecule has 10 heteroatoms. The van der Waals surface area contributed by atoms with Crippen molar-refractivity contribution in [3.63, 3.8) is 0 Å². The number of carbonyl (C=O) groups excluding carboxylic acids is 3. The molecule has 6 atom stereocenters. The number of ether oxygens (including phenoxy) is 1. The fraction of sp³-hybridized carbons (Fsp3) is 0.719. The summed E-state index contributed by atoms with van der Waals surface area (Å²) in [5.41, 5.74) is 0.379. The third kappa shape index (κ3) is 6.34. The quantitative estimate of drug-likeness (QED) is 0.449. The van der Waals surface area contributed by atoms with Gasteiger partial charge in [-0.25, -0.2) is 22.9 Å². The van der Waals surface area contributed by atoms with Crippen molar-refractivity contribution in [3.05, 3.63) is 35.9 Å². The molecule has 0 aromatic heterocycles. The van der Waals surface area contributed by atoms with Crippen molar-refractivity contribution in [2.75, 3.05) is 20.1 Å². The van der Waals surface area contributed by atoms with Crippen molar-refractivity contribution in [2.45, 2.75) is 126 Å². The summed E-state index contributed by atoms with van der Waals surface area (Å²) in [6.45, 7) is 6.12. The molecule has 3 amide bonds. The number of likely N-dealkylation sites (tertiary alicyclic amines) is 1. The number of halogens is 2. The highest BCUT2D eigenvalue weighted by molar-refractivity contribution is 5.88. The van der Waals surface area contributed by atoms with E-state index in [1.807, 2.05) is 25.2 Å². The van der Waals surface area contributed by atoms with Gasteiger partial charge < -0.3 is 20.3 Å². The van der Waals surface area contributed by atoms with E-state index in [4.69, 9.17) is 4.74 Å². The van der Waals surface area contributed by atoms with Gasteiger partial charge in [0.1, 0.15) is 11.6 Å². The Bertz CT molecular complexity index is 1150. The highest BCUT2D eigenvalue weighted by Gasteiger charge is 2.63. The first-order chi connectivity index (χ1) is 19.8. The third-order valence-electron chi connectivity index (χ3n) is 10.1. The zero-order valence-corrected chi connectivity index (χ0v) is 25.4. The van der Waals surface area contributed by atoms with Crippen LogP contribution in [0, 0.1) is 0 Å². The lowest BCUT2D eigenvalue weighted by Gasteiger charge is -2.44. The van der Waals surface area contributed by atoms with Crippen molar-refractivity contribution in [1.29, 1.82) is 0 Å². The van der Waals surface area contributed by atoms with E-state index in [-0.39, 0.29) is 52.8 Å². The number of likely N-dealkylation sites (N-methyl/N-ethyl adjacent to an activating group) is 1. The molecule has 4 aliphatic rings. The van der Waals surface area contributed by atoms with E-state index in [1.165, 1.54) is 5.56 Å². The van der Waals surface area contributed by atoms with Crippen LogP contribution >= 0.6 is 0 Å². The van der Waals surface area contributed by atoms with E-state index >= 15 is 0 Å². The SMILES string of the molecule is CC(C)(C)OC(=O)N[C@H]1CC[C@H](NCCC(F)F)C[C@H]2CC[C@@H](C(=O)N3C[C@H](c4ccccc4)CC34CC4)[N+]2(C)C1=O. The maximum Gasteiger partial charge on any atom is 0.408 e. The minimum absolute atomic E-state index is 0.0306. The largest absolute Gasteiger partial charge is 0.444 e. The summed E-state index contributed by atoms with van der Waals surface area (Å²) in [7, 11) is 1.86. The number of hydrogen-bond donors (Lipinski definition) is 2. The summed E-state index contributed by atoms with van der Waals surface area (Å²) < 4.78 is 31.2. The number of alkyl carbamates (subject to hydrolysis) is 1. The molecule has 5 rings (SSSR count). The minimum atomic E-state index is -2.39. The van der Waals surface area contributed by atoms with Crippen LogP contribution in [0.5, 0.6) is 0 Å². The Labute approximate surface area is 248 Å². The summed E-state index contributed by atoms with van der Waals surface area (Å²) in [6, 6.07) is 8.70. The van der Waals surface area contributed by atoms with Crippen molar-refractivity contribution in [3.8, 4) is 0 Å². The Hall–Kier alpha value is -2.59. The van der Waals surface area contributed by atoms with Crippen LogP contribution in [0.2, 0.25) is 0 Å². The second-order valence-corrected chi connectivity index (χ2v) is 14.1. The zero-order chi connectivity index (χ0) is 30.3. The number of fused-ring (bicyclic) bond motifs is 1. The molecular formula is C32H47F2N4O4+. The van der Waals surface area contributed by atoms with Gasteiger partial charge >= 0.3 is 12.0 Å². The number of nitrogens with one attached hydrogen (secondary N) is 2. The van der Waals surface area contributed by atoms with Gasteiger partial charge in [0, 0.05) is 56.3 Å². The van der Waals surface area contributed by atoms with Crippen LogP contribution in [0.3, 0.4) is 0 Å². The second-order valence-electron chi connectivity index (χ2n) is 14.1. The molecule has 1 spiro atoms. The summed E-state index contributed by atoms with van der Waals surface area (Å²) in [5, 5.41) is 6.10. The number of hydrogen-bond acceptors (Lipinski definition) is 5. The maximum absolute atomic E-state index is 14.5. The Morgan fingerprint density at radius 2 is 1.83 bits per heavy atom. The maximum atomic E-state index is 14.5. The van der Waals surface area contributed by atoms with Gasteiger partial charge in [-0.15, -0.1) is 0 Å². The zero-order valence-electron chi connectivity index (χ0n) is 25.4. The summed E-state index contributed by atoms with van der Waals surface area (Å²) >= 11 is 0. The van der Waals surface area contributed by atoms with Crippen molar-refractivity contribution < 1.29 is 32.4 Å². The highest BCUT2D eigenvalue weighted by Crippen LogP contribution is 2.55. The number of alkyl halides is 2. The van der Waals surface area contributed by atoms with Crippen LogP contribution in [-0.4, -0.2) is 89.2 Å². The number of quaternary nitrogens is 1. The van der Waals surface area contributed by atoms with Gasteiger partial charge in [-0.1, -0.05) is 30.3 Å². The first kappa shape index (κ1) is 30.9. The van der Waals surface area contributed by atoms with Gasteiger partial charge in [-0.2, -0.15) is 0 Å². The van der Waals surface area contributed by atoms with Gasteiger partial charge in [-0.3, -0.25) is 4.79 Å². The standard InChI is InChI=1S/C32H46F2N4O4/c1-31(2,3)42-30(41)36-25-12-10-23(35-17-14-27(33)34)18-24-11-13-26(38(24,4)29(25)40)28(39)37-20-22(19-32(37)15-16-32)21-8-6-5-7-9-21/h5-9,22-27,35H,10-20H2,1-4H3/p+1/t22-,23+,24-,25+,26+,38?/m1/s1. The van der Waals surface area contributed by atoms with E-state index in [1.54, 1.807) is 20.8 Å². The van der Waals surface area contributed by atoms with Crippen LogP contribution in [0.25, 0.3) is 0 Å². The highest BCUT2D eigenvalue weighted by atomic mass is 19.3. The molecule has 0 radical (unpaired) electrons. The van der Waals surface area contributed by atoms with Crippen LogP contribution in [0.1, 0.15) is 90.0 Å². The number of benzene rings is 1. The van der Waals surface area contributed by atoms with Crippen molar-refractivity contribution in [2.24, 2.45) is 0 Å². The van der Waals surface area contributed by atoms with Crippen molar-refractivity contribution >= 4 is 17.9 Å². The van der Waals surface area contributed by atoms with Crippen LogP contribution in [-0.2, 0) is 14.3 Å². The van der Waals surface area contributed by atoms with Gasteiger partial charge in [0.2, 0.25) is 6.43 Å². The molecule has 3 saturated heterocycles. The number of amides is 3. The Morgan fingerprint density at radius 1 is 1.12 bits per heavy atom. The van der Waals surface area contributed by atoms with E-state index in [9.17, 15) is 23.2 Å². The lowest BCUT2D eigenvalue weighted by molar-refractivity contribution is -0.864. The smallest absolute Gasteiger partial charge is 0.408 e. The third-order valence-corrected chi connectivity index (χ3v) is 10.1. The lowest BCUT2D eigenvalue weighted by atomic mass is 9.93. The molecule has 1 saturated carbocycles. The van der Waals surface area contributed by atoms with Crippen molar-refractivity contribution in [1.82, 2.24) is 15.5 Å². The predicted molar refractivity (Wildman–Crippen MR) is 155 cm³/mol. The lowest BCUT2D eigenvalue weighted by Crippen LogP contribution is -2.68. The molecular weight excluding hydrogens is 542 g/mol. The molecule has 2 N–H and O–H groups in total. The van der Waals surface area contributed by atoms with Crippen LogP contribution < -0.4 is 10.6 Å². The molecule has 42 heavy (non-hydrogen) atoms. The molecule has 1 aliphatic carbocycles. The van der Waals surface area contributed by atoms with E-state index in [0.29, 0.717) is 38.6 Å². The molecule has 1 aromatic carbocycles. The Kier molecular flexibility index (Phi) is 8.69. The average Bonchev–Trinajstić information content (AvgIpc) is 3.47. The summed E-state index contributed by atoms with van der Waals surface area (Å²) in [5.74, 6) is 0.132. The average molecular weight is 590 g/mol. The summed E-state index contributed by atoms with van der Waals surface area (Å²) in [6.07, 6.45) is 2.38. The van der Waals surface area contributed by atoms with E-state index < -0.39 is 30.2 Å². The topological polar surface area (TPSA) is 87.7 Å². The van der Waals surface area contributed by atoms with Gasteiger partial charge in [0.15, 0.2) is 6.04 Å².